The molecule has 2 atom stereocenters. The lowest BCUT2D eigenvalue weighted by atomic mass is 10.0. The number of hydrogen-bond donors (Lipinski definition) is 0. The molecule has 0 amide bonds. The lowest BCUT2D eigenvalue weighted by Gasteiger charge is -2.17. The molecule has 38 heavy (non-hydrogen) atoms. The first-order chi connectivity index (χ1) is 18.7. The van der Waals surface area contributed by atoms with E-state index in [1.165, 1.54) is 0 Å². The molecule has 4 aromatic carbocycles. The average molecular weight is 539 g/mol. The van der Waals surface area contributed by atoms with Crippen LogP contribution in [0.1, 0.15) is 68.0 Å². The summed E-state index contributed by atoms with van der Waals surface area (Å²) in [7, 11) is 0. The topological polar surface area (TPSA) is 34.1 Å². The number of thioether (sulfide) groups is 2. The van der Waals surface area contributed by atoms with E-state index in [0.717, 1.165) is 59.4 Å². The van der Waals surface area contributed by atoms with Gasteiger partial charge in [-0.25, -0.2) is 0 Å². The summed E-state index contributed by atoms with van der Waals surface area (Å²) in [5.74, 6) is 2.25. The monoisotopic (exact) mass is 538 g/mol. The molecule has 0 saturated heterocycles. The highest BCUT2D eigenvalue weighted by Gasteiger charge is 2.23. The minimum absolute atomic E-state index is 0.174. The van der Waals surface area contributed by atoms with Crippen LogP contribution in [-0.4, -0.2) is 23.1 Å². The van der Waals surface area contributed by atoms with Crippen molar-refractivity contribution in [1.29, 1.82) is 0 Å². The van der Waals surface area contributed by atoms with Crippen LogP contribution in [-0.2, 0) is 0 Å². The van der Waals surface area contributed by atoms with Crippen LogP contribution < -0.4 is 0 Å². The number of hydrogen-bond acceptors (Lipinski definition) is 4. The highest BCUT2D eigenvalue weighted by atomic mass is 32.2. The molecule has 2 nitrogen and oxygen atoms in total. The number of rotatable bonds is 15. The molecule has 4 heteroatoms. The molecule has 0 bridgehead atoms. The van der Waals surface area contributed by atoms with Crippen molar-refractivity contribution in [3.05, 3.63) is 144 Å². The predicted molar refractivity (Wildman–Crippen MR) is 163 cm³/mol. The van der Waals surface area contributed by atoms with Gasteiger partial charge in [-0.05, 0) is 35.5 Å². The Hall–Kier alpha value is -3.08. The molecule has 0 saturated carbocycles. The lowest BCUT2D eigenvalue weighted by Crippen LogP contribution is -2.11. The fourth-order valence-electron chi connectivity index (χ4n) is 4.37. The average Bonchev–Trinajstić information content (AvgIpc) is 2.99. The van der Waals surface area contributed by atoms with Crippen molar-refractivity contribution in [3.8, 4) is 0 Å². The Morgan fingerprint density at radius 3 is 1.11 bits per heavy atom. The van der Waals surface area contributed by atoms with Crippen LogP contribution >= 0.6 is 23.5 Å². The van der Waals surface area contributed by atoms with Crippen molar-refractivity contribution >= 4 is 35.1 Å². The Bertz CT molecular complexity index is 1140. The van der Waals surface area contributed by atoms with Gasteiger partial charge in [0.1, 0.15) is 0 Å². The molecule has 0 aliphatic rings. The summed E-state index contributed by atoms with van der Waals surface area (Å²) in [4.78, 5) is 26.5. The van der Waals surface area contributed by atoms with Crippen LogP contribution in [0.5, 0.6) is 0 Å². The molecular formula is C34H34O2S2. The number of carbonyl (C=O) groups is 2. The second kappa shape index (κ2) is 15.4. The van der Waals surface area contributed by atoms with Crippen LogP contribution in [0.15, 0.2) is 121 Å². The van der Waals surface area contributed by atoms with Crippen LogP contribution in [0.3, 0.4) is 0 Å². The highest BCUT2D eigenvalue weighted by molar-refractivity contribution is 8.00. The molecule has 194 valence electrons. The molecule has 0 aliphatic heterocycles. The maximum atomic E-state index is 13.2. The zero-order valence-corrected chi connectivity index (χ0v) is 23.2. The summed E-state index contributed by atoms with van der Waals surface area (Å²) in [6.45, 7) is 0. The predicted octanol–water partition coefficient (Wildman–Crippen LogP) is 9.26. The van der Waals surface area contributed by atoms with Gasteiger partial charge in [0, 0.05) is 11.1 Å². The normalized spacial score (nSPS) is 12.5. The third-order valence-corrected chi connectivity index (χ3v) is 9.09. The standard InChI is InChI=1S/C34H34O2S2/c35-31(27-17-7-3-8-18-27)33(29-21-11-5-12-22-29)37-25-15-1-2-16-26-38-34(30-23-13-6-14-24-30)32(36)28-19-9-4-10-20-28/h3-14,17-24,33-34H,1-2,15-16,25-26H2/t33-,34-/m0/s1. The van der Waals surface area contributed by atoms with Crippen LogP contribution in [0, 0.1) is 0 Å². The van der Waals surface area contributed by atoms with Gasteiger partial charge in [-0.3, -0.25) is 9.59 Å². The molecule has 0 unspecified atom stereocenters. The van der Waals surface area contributed by atoms with Gasteiger partial charge >= 0.3 is 0 Å². The van der Waals surface area contributed by atoms with Gasteiger partial charge in [-0.15, -0.1) is 23.5 Å². The molecule has 4 rings (SSSR count). The third kappa shape index (κ3) is 8.21. The quantitative estimate of drug-likeness (QED) is 0.112. The van der Waals surface area contributed by atoms with Gasteiger partial charge in [-0.2, -0.15) is 0 Å². The van der Waals surface area contributed by atoms with Crippen LogP contribution in [0.2, 0.25) is 0 Å². The van der Waals surface area contributed by atoms with Crippen molar-refractivity contribution in [2.45, 2.75) is 36.2 Å². The van der Waals surface area contributed by atoms with Gasteiger partial charge in [0.05, 0.1) is 10.5 Å². The third-order valence-electron chi connectivity index (χ3n) is 6.41. The Balaban J connectivity index is 1.23. The number of benzene rings is 4. The van der Waals surface area contributed by atoms with E-state index in [1.807, 2.05) is 97.1 Å². The first-order valence-corrected chi connectivity index (χ1v) is 15.4. The smallest absolute Gasteiger partial charge is 0.180 e. The van der Waals surface area contributed by atoms with E-state index in [1.54, 1.807) is 23.5 Å². The number of Topliss-reactive ketones (excluding diaryl/α,β-unsaturated/α-hetero) is 2. The van der Waals surface area contributed by atoms with E-state index < -0.39 is 0 Å². The van der Waals surface area contributed by atoms with Gasteiger partial charge in [0.15, 0.2) is 11.6 Å². The van der Waals surface area contributed by atoms with Crippen molar-refractivity contribution in [2.75, 3.05) is 11.5 Å². The lowest BCUT2D eigenvalue weighted by molar-refractivity contribution is 0.0981. The zero-order chi connectivity index (χ0) is 26.4. The summed E-state index contributed by atoms with van der Waals surface area (Å²) in [6, 6.07) is 39.4. The van der Waals surface area contributed by atoms with E-state index >= 15 is 0 Å². The SMILES string of the molecule is O=C(c1ccccc1)[C@@H](SCCCCCCS[C@H](C(=O)c1ccccc1)c1ccccc1)c1ccccc1. The molecule has 0 aromatic heterocycles. The van der Waals surface area contributed by atoms with Gasteiger partial charge in [0.25, 0.3) is 0 Å². The highest BCUT2D eigenvalue weighted by Crippen LogP contribution is 2.35. The van der Waals surface area contributed by atoms with Gasteiger partial charge in [0.2, 0.25) is 0 Å². The van der Waals surface area contributed by atoms with E-state index in [4.69, 9.17) is 0 Å². The Morgan fingerprint density at radius 1 is 0.447 bits per heavy atom. The van der Waals surface area contributed by atoms with Crippen molar-refractivity contribution in [2.24, 2.45) is 0 Å². The Morgan fingerprint density at radius 2 is 0.763 bits per heavy atom. The summed E-state index contributed by atoms with van der Waals surface area (Å²) in [5, 5.41) is -0.352. The first-order valence-electron chi connectivity index (χ1n) is 13.3. The molecule has 0 N–H and O–H groups in total. The van der Waals surface area contributed by atoms with E-state index in [2.05, 4.69) is 24.3 Å². The number of carbonyl (C=O) groups excluding carboxylic acids is 2. The molecule has 0 aliphatic carbocycles. The fourth-order valence-corrected chi connectivity index (χ4v) is 6.86. The van der Waals surface area contributed by atoms with Crippen molar-refractivity contribution in [3.63, 3.8) is 0 Å². The van der Waals surface area contributed by atoms with Crippen LogP contribution in [0.25, 0.3) is 0 Å². The molecule has 0 heterocycles. The first kappa shape index (κ1) is 27.9. The summed E-state index contributed by atoms with van der Waals surface area (Å²) in [5.41, 5.74) is 3.67. The minimum atomic E-state index is -0.176. The van der Waals surface area contributed by atoms with E-state index in [0.29, 0.717) is 0 Å². The molecule has 0 radical (unpaired) electrons. The van der Waals surface area contributed by atoms with Crippen LogP contribution in [0.4, 0.5) is 0 Å². The van der Waals surface area contributed by atoms with Crippen molar-refractivity contribution in [1.82, 2.24) is 0 Å². The summed E-state index contributed by atoms with van der Waals surface area (Å²) < 4.78 is 0. The molecule has 0 fully saturated rings. The second-order valence-electron chi connectivity index (χ2n) is 9.20. The largest absolute Gasteiger partial charge is 0.293 e. The fraction of sp³-hybridized carbons (Fsp3) is 0.235. The molecule has 4 aromatic rings. The van der Waals surface area contributed by atoms with Gasteiger partial charge in [-0.1, -0.05) is 134 Å². The van der Waals surface area contributed by atoms with E-state index in [-0.39, 0.29) is 22.1 Å². The molecular weight excluding hydrogens is 505 g/mol. The summed E-state index contributed by atoms with van der Waals surface area (Å²) >= 11 is 3.49. The number of unbranched alkanes of at least 4 members (excludes halogenated alkanes) is 3. The van der Waals surface area contributed by atoms with E-state index in [9.17, 15) is 9.59 Å². The minimum Gasteiger partial charge on any atom is -0.293 e. The maximum absolute atomic E-state index is 13.2. The van der Waals surface area contributed by atoms with Crippen molar-refractivity contribution < 1.29 is 9.59 Å². The second-order valence-corrected chi connectivity index (χ2v) is 11.6. The Kier molecular flexibility index (Phi) is 11.3. The zero-order valence-electron chi connectivity index (χ0n) is 21.6. The maximum Gasteiger partial charge on any atom is 0.180 e. The molecule has 0 spiro atoms. The summed E-state index contributed by atoms with van der Waals surface area (Å²) in [6.07, 6.45) is 4.39. The Labute approximate surface area is 235 Å². The van der Waals surface area contributed by atoms with Gasteiger partial charge < -0.3 is 0 Å². The number of ketones is 2.